The van der Waals surface area contributed by atoms with Crippen LogP contribution in [0.2, 0.25) is 0 Å². The molecule has 0 bridgehead atoms. The number of benzene rings is 1. The molecule has 2 rings (SSSR count). The van der Waals surface area contributed by atoms with Crippen molar-refractivity contribution in [2.45, 2.75) is 52.1 Å². The van der Waals surface area contributed by atoms with Crippen molar-refractivity contribution in [3.63, 3.8) is 0 Å². The van der Waals surface area contributed by atoms with E-state index in [-0.39, 0.29) is 5.82 Å². The Bertz CT molecular complexity index is 375. The van der Waals surface area contributed by atoms with Crippen LogP contribution in [0.15, 0.2) is 18.2 Å². The van der Waals surface area contributed by atoms with Crippen molar-refractivity contribution in [2.24, 2.45) is 5.92 Å². The highest BCUT2D eigenvalue weighted by molar-refractivity contribution is 5.23. The van der Waals surface area contributed by atoms with E-state index < -0.39 is 0 Å². The fourth-order valence-corrected chi connectivity index (χ4v) is 2.61. The van der Waals surface area contributed by atoms with Crippen LogP contribution in [-0.4, -0.2) is 6.04 Å². The van der Waals surface area contributed by atoms with E-state index in [2.05, 4.69) is 12.2 Å². The van der Waals surface area contributed by atoms with E-state index in [9.17, 15) is 4.39 Å². The van der Waals surface area contributed by atoms with Gasteiger partial charge < -0.3 is 5.32 Å². The summed E-state index contributed by atoms with van der Waals surface area (Å²) in [6, 6.07) is 6.12. The molecule has 1 aliphatic rings. The lowest BCUT2D eigenvalue weighted by Gasteiger charge is -2.29. The van der Waals surface area contributed by atoms with Crippen molar-refractivity contribution in [3.05, 3.63) is 35.1 Å². The average Bonchev–Trinajstić information content (AvgIpc) is 2.32. The average molecular weight is 235 g/mol. The summed E-state index contributed by atoms with van der Waals surface area (Å²) in [4.78, 5) is 0. The molecule has 0 heterocycles. The molecule has 1 fully saturated rings. The first kappa shape index (κ1) is 12.6. The molecule has 0 aromatic heterocycles. The lowest BCUT2D eigenvalue weighted by Crippen LogP contribution is -2.36. The molecule has 2 atom stereocenters. The monoisotopic (exact) mass is 235 g/mol. The molecular formula is C15H22FN. The van der Waals surface area contributed by atoms with Crippen LogP contribution in [0.4, 0.5) is 4.39 Å². The summed E-state index contributed by atoms with van der Waals surface area (Å²) in [6.07, 6.45) is 5.26. The molecule has 1 saturated carbocycles. The zero-order chi connectivity index (χ0) is 12.3. The fourth-order valence-electron chi connectivity index (χ4n) is 2.61. The van der Waals surface area contributed by atoms with Gasteiger partial charge in [-0.25, -0.2) is 4.39 Å². The molecule has 0 saturated heterocycles. The molecule has 1 N–H and O–H groups in total. The maximum absolute atomic E-state index is 13.4. The molecule has 94 valence electrons. The number of halogens is 1. The van der Waals surface area contributed by atoms with E-state index in [1.807, 2.05) is 12.1 Å². The normalized spacial score (nSPS) is 24.9. The quantitative estimate of drug-likeness (QED) is 0.840. The fraction of sp³-hybridized carbons (Fsp3) is 0.600. The Labute approximate surface area is 103 Å². The standard InChI is InChI=1S/C15H22FN/c1-11-7-8-13(9-14(11)16)10-17-15-6-4-3-5-12(15)2/h7-9,12,15,17H,3-6,10H2,1-2H3. The maximum atomic E-state index is 13.4. The second-order valence-electron chi connectivity index (χ2n) is 5.33. The Kier molecular flexibility index (Phi) is 4.16. The van der Waals surface area contributed by atoms with Crippen molar-refractivity contribution >= 4 is 0 Å². The van der Waals surface area contributed by atoms with Crippen LogP contribution >= 0.6 is 0 Å². The number of aryl methyl sites for hydroxylation is 1. The minimum absolute atomic E-state index is 0.0963. The first-order valence-corrected chi connectivity index (χ1v) is 6.65. The van der Waals surface area contributed by atoms with Gasteiger partial charge in [-0.3, -0.25) is 0 Å². The molecule has 1 aromatic carbocycles. The van der Waals surface area contributed by atoms with Crippen molar-refractivity contribution in [1.82, 2.24) is 5.32 Å². The number of hydrogen-bond donors (Lipinski definition) is 1. The molecule has 17 heavy (non-hydrogen) atoms. The van der Waals surface area contributed by atoms with Crippen molar-refractivity contribution in [1.29, 1.82) is 0 Å². The van der Waals surface area contributed by atoms with Crippen LogP contribution < -0.4 is 5.32 Å². The zero-order valence-electron chi connectivity index (χ0n) is 10.8. The summed E-state index contributed by atoms with van der Waals surface area (Å²) in [5.74, 6) is 0.653. The van der Waals surface area contributed by atoms with Gasteiger partial charge in [0.05, 0.1) is 0 Å². The Morgan fingerprint density at radius 1 is 1.29 bits per heavy atom. The van der Waals surface area contributed by atoms with Gasteiger partial charge in [-0.1, -0.05) is 31.9 Å². The zero-order valence-corrected chi connectivity index (χ0v) is 10.8. The van der Waals surface area contributed by atoms with Gasteiger partial charge in [0.15, 0.2) is 0 Å². The molecular weight excluding hydrogens is 213 g/mol. The van der Waals surface area contributed by atoms with Crippen LogP contribution in [0.3, 0.4) is 0 Å². The number of nitrogens with one attached hydrogen (secondary N) is 1. The Morgan fingerprint density at radius 3 is 2.76 bits per heavy atom. The summed E-state index contributed by atoms with van der Waals surface area (Å²) >= 11 is 0. The molecule has 2 unspecified atom stereocenters. The highest BCUT2D eigenvalue weighted by Gasteiger charge is 2.20. The van der Waals surface area contributed by atoms with E-state index in [4.69, 9.17) is 0 Å². The Morgan fingerprint density at radius 2 is 2.06 bits per heavy atom. The largest absolute Gasteiger partial charge is 0.310 e. The maximum Gasteiger partial charge on any atom is 0.126 e. The van der Waals surface area contributed by atoms with Crippen LogP contribution in [0.1, 0.15) is 43.7 Å². The van der Waals surface area contributed by atoms with Gasteiger partial charge in [-0.15, -0.1) is 0 Å². The van der Waals surface area contributed by atoms with E-state index >= 15 is 0 Å². The second kappa shape index (κ2) is 5.63. The first-order valence-electron chi connectivity index (χ1n) is 6.65. The summed E-state index contributed by atoms with van der Waals surface area (Å²) < 4.78 is 13.4. The minimum atomic E-state index is -0.0963. The van der Waals surface area contributed by atoms with Crippen molar-refractivity contribution < 1.29 is 4.39 Å². The third-order valence-corrected chi connectivity index (χ3v) is 3.92. The molecule has 1 aromatic rings. The van der Waals surface area contributed by atoms with Gasteiger partial charge in [0.1, 0.15) is 5.82 Å². The molecule has 2 heteroatoms. The smallest absolute Gasteiger partial charge is 0.126 e. The van der Waals surface area contributed by atoms with Crippen LogP contribution in [0.25, 0.3) is 0 Å². The molecule has 1 aliphatic carbocycles. The highest BCUT2D eigenvalue weighted by atomic mass is 19.1. The molecule has 0 aliphatic heterocycles. The molecule has 0 amide bonds. The predicted molar refractivity (Wildman–Crippen MR) is 69.4 cm³/mol. The number of hydrogen-bond acceptors (Lipinski definition) is 1. The second-order valence-corrected chi connectivity index (χ2v) is 5.33. The van der Waals surface area contributed by atoms with Gasteiger partial charge in [0.25, 0.3) is 0 Å². The SMILES string of the molecule is Cc1ccc(CNC2CCCCC2C)cc1F. The molecule has 1 nitrogen and oxygen atoms in total. The van der Waals surface area contributed by atoms with Gasteiger partial charge in [-0.2, -0.15) is 0 Å². The number of rotatable bonds is 3. The molecule has 0 spiro atoms. The van der Waals surface area contributed by atoms with Crippen LogP contribution in [-0.2, 0) is 6.54 Å². The Balaban J connectivity index is 1.90. The predicted octanol–water partition coefficient (Wildman–Crippen LogP) is 3.80. The lowest BCUT2D eigenvalue weighted by molar-refractivity contribution is 0.279. The van der Waals surface area contributed by atoms with Gasteiger partial charge in [0, 0.05) is 12.6 Å². The third-order valence-electron chi connectivity index (χ3n) is 3.92. The van der Waals surface area contributed by atoms with Crippen LogP contribution in [0, 0.1) is 18.7 Å². The van der Waals surface area contributed by atoms with Gasteiger partial charge >= 0.3 is 0 Å². The van der Waals surface area contributed by atoms with Gasteiger partial charge in [0.2, 0.25) is 0 Å². The van der Waals surface area contributed by atoms with Gasteiger partial charge in [-0.05, 0) is 42.9 Å². The minimum Gasteiger partial charge on any atom is -0.310 e. The first-order chi connectivity index (χ1) is 8.16. The summed E-state index contributed by atoms with van der Waals surface area (Å²) in [5.41, 5.74) is 1.77. The van der Waals surface area contributed by atoms with E-state index in [0.717, 1.165) is 23.6 Å². The van der Waals surface area contributed by atoms with E-state index in [1.54, 1.807) is 13.0 Å². The summed E-state index contributed by atoms with van der Waals surface area (Å²) in [5, 5.41) is 3.57. The Hall–Kier alpha value is -0.890. The summed E-state index contributed by atoms with van der Waals surface area (Å²) in [6.45, 7) is 4.90. The summed E-state index contributed by atoms with van der Waals surface area (Å²) in [7, 11) is 0. The van der Waals surface area contributed by atoms with Crippen molar-refractivity contribution in [3.8, 4) is 0 Å². The molecule has 0 radical (unpaired) electrons. The highest BCUT2D eigenvalue weighted by Crippen LogP contribution is 2.24. The third kappa shape index (κ3) is 3.29. The lowest BCUT2D eigenvalue weighted by atomic mass is 9.86. The van der Waals surface area contributed by atoms with Crippen molar-refractivity contribution in [2.75, 3.05) is 0 Å². The van der Waals surface area contributed by atoms with Crippen LogP contribution in [0.5, 0.6) is 0 Å². The van der Waals surface area contributed by atoms with E-state index in [1.165, 1.54) is 25.7 Å². The topological polar surface area (TPSA) is 12.0 Å². The van der Waals surface area contributed by atoms with E-state index in [0.29, 0.717) is 6.04 Å².